The molecule has 0 radical (unpaired) electrons. The molecule has 2 aromatic heterocycles. The predicted octanol–water partition coefficient (Wildman–Crippen LogP) is 14.5. The van der Waals surface area contributed by atoms with Crippen LogP contribution in [-0.2, 0) is 43.9 Å². The number of benzene rings is 6. The Morgan fingerprint density at radius 2 is 1.33 bits per heavy atom. The van der Waals surface area contributed by atoms with E-state index in [4.69, 9.17) is 9.98 Å². The molecule has 1 aliphatic carbocycles. The number of aliphatic imine (C=N–C) groups is 1. The number of para-hydroxylation sites is 2. The summed E-state index contributed by atoms with van der Waals surface area (Å²) in [7, 11) is 0. The van der Waals surface area contributed by atoms with Gasteiger partial charge in [0.2, 0.25) is 0 Å². The van der Waals surface area contributed by atoms with E-state index in [0.29, 0.717) is 0 Å². The molecule has 3 aliphatic rings. The Labute approximate surface area is 405 Å². The fourth-order valence-corrected chi connectivity index (χ4v) is 12.0. The van der Waals surface area contributed by atoms with E-state index in [-0.39, 0.29) is 31.9 Å². The van der Waals surface area contributed by atoms with Gasteiger partial charge in [0.05, 0.1) is 16.9 Å². The van der Waals surface area contributed by atoms with Crippen molar-refractivity contribution in [1.29, 1.82) is 0 Å². The summed E-state index contributed by atoms with van der Waals surface area (Å²) in [5.41, 5.74) is 20.3. The quantitative estimate of drug-likeness (QED) is 0.165. The summed E-state index contributed by atoms with van der Waals surface area (Å²) in [5, 5.41) is 2.36. The third kappa shape index (κ3) is 6.07. The third-order valence-electron chi connectivity index (χ3n) is 15.5. The average molecular weight is 1050 g/mol. The summed E-state index contributed by atoms with van der Waals surface area (Å²) >= 11 is 0. The molecule has 8 aromatic rings. The number of aryl methyl sites for hydroxylation is 6. The van der Waals surface area contributed by atoms with E-state index in [1.165, 1.54) is 66.5 Å². The summed E-state index contributed by atoms with van der Waals surface area (Å²) in [6, 6.07) is 46.7. The van der Waals surface area contributed by atoms with Crippen LogP contribution in [0.25, 0.3) is 27.6 Å². The minimum atomic E-state index is -0.431. The van der Waals surface area contributed by atoms with Crippen molar-refractivity contribution in [3.8, 4) is 5.82 Å². The van der Waals surface area contributed by atoms with Gasteiger partial charge in [-0.15, -0.1) is 45.8 Å². The zero-order valence-electron chi connectivity index (χ0n) is 40.7. The molecule has 11 rings (SSSR count). The van der Waals surface area contributed by atoms with Gasteiger partial charge in [0.1, 0.15) is 5.82 Å². The van der Waals surface area contributed by atoms with Gasteiger partial charge in [-0.3, -0.25) is 0 Å². The van der Waals surface area contributed by atoms with Gasteiger partial charge in [-0.2, -0.15) is 6.07 Å². The normalized spacial score (nSPS) is 19.4. The van der Waals surface area contributed by atoms with Gasteiger partial charge in [0.15, 0.2) is 0 Å². The second kappa shape index (κ2) is 14.9. The van der Waals surface area contributed by atoms with E-state index in [9.17, 15) is 0 Å². The van der Waals surface area contributed by atoms with Crippen molar-refractivity contribution in [2.24, 2.45) is 4.99 Å². The predicted molar refractivity (Wildman–Crippen MR) is 272 cm³/mol. The van der Waals surface area contributed by atoms with Gasteiger partial charge in [0.25, 0.3) is 0 Å². The molecule has 0 unspecified atom stereocenters. The number of rotatable bonds is 4. The smallest absolute Gasteiger partial charge is 0.354 e. The summed E-state index contributed by atoms with van der Waals surface area (Å²) in [5.74, 6) is 1.87. The molecule has 0 N–H and O–H groups in total. The van der Waals surface area contributed by atoms with Crippen molar-refractivity contribution in [2.75, 3.05) is 9.80 Å². The molecule has 2 aliphatic heterocycles. The number of hydrogen-bond donors (Lipinski definition) is 0. The maximum atomic E-state index is 5.94. The number of aromatic nitrogens is 2. The molecule has 5 nitrogen and oxygen atoms in total. The van der Waals surface area contributed by atoms with Crippen LogP contribution in [-0.4, -0.2) is 20.9 Å². The van der Waals surface area contributed by atoms with Crippen molar-refractivity contribution in [2.45, 2.75) is 118 Å². The van der Waals surface area contributed by atoms with Crippen LogP contribution in [0.1, 0.15) is 115 Å². The number of nitrogens with zero attached hydrogens (tertiary/aromatic N) is 5. The number of amidine groups is 1. The SMILES string of the molecule is Cc1cc(C)c(N2C(c3[c-]c(N4c5[c-]c6c(cc5C(C)(C)c5ccccc54)c4ccccc4n6-c4cc(C(C)(C)C)ccn4)c(C)cc3C)=N[C@]3(C)Cc4c(C)cccc4[C@]23C)c(C)c1.[Pt+2]. The van der Waals surface area contributed by atoms with E-state index in [0.717, 1.165) is 62.9 Å². The Kier molecular flexibility index (Phi) is 9.93. The zero-order chi connectivity index (χ0) is 45.7. The van der Waals surface area contributed by atoms with Crippen molar-refractivity contribution >= 4 is 50.4 Å². The molecule has 4 heterocycles. The molecule has 0 bridgehead atoms. The molecule has 0 spiro atoms. The molecular weight excluding hydrogens is 986 g/mol. The topological polar surface area (TPSA) is 36.7 Å². The molecule has 334 valence electrons. The van der Waals surface area contributed by atoms with Crippen LogP contribution >= 0.6 is 0 Å². The number of fused-ring (bicyclic) bond motifs is 8. The van der Waals surface area contributed by atoms with E-state index in [2.05, 4.69) is 220 Å². The minimum absolute atomic E-state index is 0. The molecule has 0 fully saturated rings. The largest absolute Gasteiger partial charge is 2.00 e. The monoisotopic (exact) mass is 1040 g/mol. The Morgan fingerprint density at radius 3 is 2.08 bits per heavy atom. The minimum Gasteiger partial charge on any atom is -0.354 e. The standard InChI is InChI=1S/C60H59N5.Pt/c1-35-27-39(5)55(40(6)28-35)65-56(62-59(12)34-45-36(2)19-18-22-46(45)60(59,65)13)43-32-51(38(4)29-37(43)3)63-50-24-17-15-21-47(50)58(10,11)48-31-44-42-20-14-16-23-49(42)64(52(44)33-53(48)63)54-30-41(25-26-61-54)57(7,8)9;/h14-31H,34H2,1-13H3;/q-2;+2/t59-,60+;/m1./s1. The van der Waals surface area contributed by atoms with E-state index in [1.807, 2.05) is 6.20 Å². The van der Waals surface area contributed by atoms with Crippen LogP contribution in [0, 0.1) is 53.7 Å². The Balaban J connectivity index is 0.00000511. The van der Waals surface area contributed by atoms with Crippen molar-refractivity contribution < 1.29 is 21.1 Å². The summed E-state index contributed by atoms with van der Waals surface area (Å²) in [6.45, 7) is 29.8. The first-order chi connectivity index (χ1) is 30.8. The van der Waals surface area contributed by atoms with Crippen LogP contribution < -0.4 is 9.80 Å². The van der Waals surface area contributed by atoms with Gasteiger partial charge in [-0.25, -0.2) is 4.98 Å². The summed E-state index contributed by atoms with van der Waals surface area (Å²) in [6.07, 6.45) is 2.83. The zero-order valence-corrected chi connectivity index (χ0v) is 42.9. The molecule has 0 saturated heterocycles. The van der Waals surface area contributed by atoms with Gasteiger partial charge < -0.3 is 19.4 Å². The van der Waals surface area contributed by atoms with Crippen LogP contribution in [0.3, 0.4) is 0 Å². The van der Waals surface area contributed by atoms with Gasteiger partial charge in [-0.05, 0) is 133 Å². The van der Waals surface area contributed by atoms with Gasteiger partial charge in [-0.1, -0.05) is 132 Å². The van der Waals surface area contributed by atoms with Crippen LogP contribution in [0.2, 0.25) is 0 Å². The first-order valence-corrected chi connectivity index (χ1v) is 23.3. The number of hydrogen-bond acceptors (Lipinski definition) is 4. The van der Waals surface area contributed by atoms with Gasteiger partial charge >= 0.3 is 21.1 Å². The first-order valence-electron chi connectivity index (χ1n) is 23.3. The van der Waals surface area contributed by atoms with Crippen LogP contribution in [0.5, 0.6) is 0 Å². The molecule has 6 heteroatoms. The summed E-state index contributed by atoms with van der Waals surface area (Å²) in [4.78, 5) is 16.0. The second-order valence-electron chi connectivity index (χ2n) is 21.3. The van der Waals surface area contributed by atoms with Crippen molar-refractivity contribution in [3.05, 3.63) is 188 Å². The molecule has 66 heavy (non-hydrogen) atoms. The fraction of sp³-hybridized carbons (Fsp3) is 0.300. The molecule has 2 atom stereocenters. The van der Waals surface area contributed by atoms with Crippen LogP contribution in [0.4, 0.5) is 22.7 Å². The Hall–Kier alpha value is -5.77. The fourth-order valence-electron chi connectivity index (χ4n) is 12.0. The first kappa shape index (κ1) is 44.1. The van der Waals surface area contributed by atoms with E-state index < -0.39 is 11.1 Å². The molecule has 0 amide bonds. The van der Waals surface area contributed by atoms with E-state index >= 15 is 0 Å². The number of pyridine rings is 1. The molecule has 0 saturated carbocycles. The summed E-state index contributed by atoms with van der Waals surface area (Å²) < 4.78 is 2.32. The molecule has 6 aromatic carbocycles. The van der Waals surface area contributed by atoms with Gasteiger partial charge in [0, 0.05) is 23.1 Å². The Bertz CT molecular complexity index is 3360. The average Bonchev–Trinajstić information content (AvgIpc) is 3.78. The number of anilines is 4. The second-order valence-corrected chi connectivity index (χ2v) is 21.3. The van der Waals surface area contributed by atoms with Crippen molar-refractivity contribution in [1.82, 2.24) is 9.55 Å². The third-order valence-corrected chi connectivity index (χ3v) is 15.5. The maximum absolute atomic E-state index is 5.94. The van der Waals surface area contributed by atoms with Crippen molar-refractivity contribution in [3.63, 3.8) is 0 Å². The van der Waals surface area contributed by atoms with E-state index in [1.54, 1.807) is 0 Å². The maximum Gasteiger partial charge on any atom is 2.00 e. The molecular formula is C60H59N5Pt. The van der Waals surface area contributed by atoms with Crippen LogP contribution in [0.15, 0.2) is 114 Å². The Morgan fingerprint density at radius 1 is 0.636 bits per heavy atom.